The van der Waals surface area contributed by atoms with Crippen molar-refractivity contribution in [3.63, 3.8) is 0 Å². The molecule has 2 rings (SSSR count). The zero-order valence-electron chi connectivity index (χ0n) is 10.3. The summed E-state index contributed by atoms with van der Waals surface area (Å²) in [5.41, 5.74) is 1.54. The van der Waals surface area contributed by atoms with Gasteiger partial charge in [-0.15, -0.1) is 0 Å². The third kappa shape index (κ3) is 2.30. The van der Waals surface area contributed by atoms with Crippen LogP contribution in [-0.2, 0) is 11.2 Å². The van der Waals surface area contributed by atoms with Crippen LogP contribution in [0.3, 0.4) is 0 Å². The number of rotatable bonds is 3. The van der Waals surface area contributed by atoms with E-state index in [-0.39, 0.29) is 5.97 Å². The third-order valence-corrected chi connectivity index (χ3v) is 2.62. The summed E-state index contributed by atoms with van der Waals surface area (Å²) in [6, 6.07) is 3.63. The number of pyridine rings is 1. The van der Waals surface area contributed by atoms with Crippen LogP contribution >= 0.6 is 0 Å². The van der Waals surface area contributed by atoms with E-state index in [0.29, 0.717) is 11.5 Å². The molecular weight excluding hydrogens is 216 g/mol. The van der Waals surface area contributed by atoms with Crippen LogP contribution in [-0.4, -0.2) is 22.5 Å². The molecule has 90 valence electrons. The molecule has 2 aromatic heterocycles. The summed E-state index contributed by atoms with van der Waals surface area (Å²) >= 11 is 0. The van der Waals surface area contributed by atoms with Crippen LogP contribution in [0.15, 0.2) is 24.5 Å². The Kier molecular flexibility index (Phi) is 3.13. The van der Waals surface area contributed by atoms with E-state index in [9.17, 15) is 4.79 Å². The van der Waals surface area contributed by atoms with Gasteiger partial charge in [-0.1, -0.05) is 13.8 Å². The summed E-state index contributed by atoms with van der Waals surface area (Å²) in [5.74, 6) is 1.18. The Balaban J connectivity index is 2.46. The van der Waals surface area contributed by atoms with E-state index in [1.165, 1.54) is 7.11 Å². The van der Waals surface area contributed by atoms with E-state index in [4.69, 9.17) is 4.74 Å². The Morgan fingerprint density at radius 1 is 1.47 bits per heavy atom. The Hall–Kier alpha value is -1.84. The van der Waals surface area contributed by atoms with Gasteiger partial charge in [-0.05, 0) is 18.1 Å². The van der Waals surface area contributed by atoms with Gasteiger partial charge in [0.2, 0.25) is 0 Å². The molecule has 0 saturated carbocycles. The number of aromatic nitrogens is 2. The van der Waals surface area contributed by atoms with Crippen molar-refractivity contribution in [1.29, 1.82) is 0 Å². The molecule has 0 aliphatic rings. The smallest absolute Gasteiger partial charge is 0.339 e. The summed E-state index contributed by atoms with van der Waals surface area (Å²) in [6.07, 6.45) is 4.49. The molecule has 0 fully saturated rings. The quantitative estimate of drug-likeness (QED) is 0.763. The van der Waals surface area contributed by atoms with Crippen molar-refractivity contribution in [2.75, 3.05) is 7.11 Å². The van der Waals surface area contributed by atoms with Crippen molar-refractivity contribution in [3.05, 3.63) is 35.9 Å². The molecule has 17 heavy (non-hydrogen) atoms. The van der Waals surface area contributed by atoms with Crippen molar-refractivity contribution < 1.29 is 9.53 Å². The minimum atomic E-state index is -0.323. The highest BCUT2D eigenvalue weighted by Gasteiger charge is 2.10. The monoisotopic (exact) mass is 232 g/mol. The maximum Gasteiger partial charge on any atom is 0.339 e. The lowest BCUT2D eigenvalue weighted by Crippen LogP contribution is -2.05. The van der Waals surface area contributed by atoms with Crippen LogP contribution in [0.4, 0.5) is 0 Å². The predicted molar refractivity (Wildman–Crippen MR) is 65.1 cm³/mol. The first-order valence-corrected chi connectivity index (χ1v) is 5.66. The Labute approximate surface area is 100 Å². The zero-order chi connectivity index (χ0) is 12.4. The predicted octanol–water partition coefficient (Wildman–Crippen LogP) is 2.32. The number of imidazole rings is 1. The largest absolute Gasteiger partial charge is 0.465 e. The van der Waals surface area contributed by atoms with E-state index < -0.39 is 0 Å². The number of esters is 1. The molecule has 0 unspecified atom stereocenters. The van der Waals surface area contributed by atoms with Gasteiger partial charge in [-0.25, -0.2) is 9.78 Å². The SMILES string of the molecule is COC(=O)c1ccc2cnc(CC(C)C)n2c1. The maximum absolute atomic E-state index is 11.5. The standard InChI is InChI=1S/C13H16N2O2/c1-9(2)6-12-14-7-11-5-4-10(8-15(11)12)13(16)17-3/h4-5,7-9H,6H2,1-3H3. The number of carbonyl (C=O) groups excluding carboxylic acids is 1. The maximum atomic E-state index is 11.5. The van der Waals surface area contributed by atoms with Crippen molar-refractivity contribution in [3.8, 4) is 0 Å². The fraction of sp³-hybridized carbons (Fsp3) is 0.385. The highest BCUT2D eigenvalue weighted by molar-refractivity contribution is 5.89. The molecule has 0 N–H and O–H groups in total. The molecule has 0 aromatic carbocycles. The minimum absolute atomic E-state index is 0.323. The molecule has 2 heterocycles. The molecule has 4 nitrogen and oxygen atoms in total. The molecule has 4 heteroatoms. The molecule has 2 aromatic rings. The number of hydrogen-bond donors (Lipinski definition) is 0. The van der Waals surface area contributed by atoms with Crippen molar-refractivity contribution >= 4 is 11.5 Å². The van der Waals surface area contributed by atoms with Gasteiger partial charge < -0.3 is 9.14 Å². The summed E-state index contributed by atoms with van der Waals surface area (Å²) in [6.45, 7) is 4.29. The van der Waals surface area contributed by atoms with Gasteiger partial charge >= 0.3 is 5.97 Å². The van der Waals surface area contributed by atoms with Crippen LogP contribution in [0.5, 0.6) is 0 Å². The Bertz CT molecular complexity index is 543. The minimum Gasteiger partial charge on any atom is -0.465 e. The second-order valence-corrected chi connectivity index (χ2v) is 4.48. The summed E-state index contributed by atoms with van der Waals surface area (Å²) < 4.78 is 6.66. The van der Waals surface area contributed by atoms with Gasteiger partial charge in [0.25, 0.3) is 0 Å². The van der Waals surface area contributed by atoms with Crippen molar-refractivity contribution in [2.24, 2.45) is 5.92 Å². The number of hydrogen-bond acceptors (Lipinski definition) is 3. The van der Waals surface area contributed by atoms with Crippen LogP contribution in [0.25, 0.3) is 5.52 Å². The first-order valence-electron chi connectivity index (χ1n) is 5.66. The van der Waals surface area contributed by atoms with Gasteiger partial charge in [0.05, 0.1) is 24.4 Å². The van der Waals surface area contributed by atoms with Crippen molar-refractivity contribution in [1.82, 2.24) is 9.38 Å². The highest BCUT2D eigenvalue weighted by Crippen LogP contribution is 2.13. The van der Waals surface area contributed by atoms with Gasteiger partial charge in [-0.2, -0.15) is 0 Å². The molecule has 0 radical (unpaired) electrons. The number of carbonyl (C=O) groups is 1. The number of ether oxygens (including phenoxy) is 1. The highest BCUT2D eigenvalue weighted by atomic mass is 16.5. The van der Waals surface area contributed by atoms with E-state index in [2.05, 4.69) is 18.8 Å². The molecular formula is C13H16N2O2. The second kappa shape index (κ2) is 4.57. The van der Waals surface area contributed by atoms with E-state index in [0.717, 1.165) is 17.8 Å². The molecule has 0 amide bonds. The van der Waals surface area contributed by atoms with Crippen LogP contribution in [0.1, 0.15) is 30.0 Å². The first kappa shape index (κ1) is 11.6. The number of nitrogens with zero attached hydrogens (tertiary/aromatic N) is 2. The summed E-state index contributed by atoms with van der Waals surface area (Å²) in [5, 5.41) is 0. The Morgan fingerprint density at radius 2 is 2.24 bits per heavy atom. The second-order valence-electron chi connectivity index (χ2n) is 4.48. The van der Waals surface area contributed by atoms with E-state index in [1.54, 1.807) is 12.3 Å². The van der Waals surface area contributed by atoms with Gasteiger partial charge in [0, 0.05) is 12.6 Å². The van der Waals surface area contributed by atoms with Crippen LogP contribution in [0.2, 0.25) is 0 Å². The Morgan fingerprint density at radius 3 is 2.88 bits per heavy atom. The van der Waals surface area contributed by atoms with Crippen molar-refractivity contribution in [2.45, 2.75) is 20.3 Å². The molecule has 0 bridgehead atoms. The van der Waals surface area contributed by atoms with Gasteiger partial charge in [-0.3, -0.25) is 0 Å². The zero-order valence-corrected chi connectivity index (χ0v) is 10.3. The van der Waals surface area contributed by atoms with E-state index >= 15 is 0 Å². The number of fused-ring (bicyclic) bond motifs is 1. The van der Waals surface area contributed by atoms with E-state index in [1.807, 2.05) is 16.7 Å². The molecule has 0 aliphatic heterocycles. The summed E-state index contributed by atoms with van der Waals surface area (Å²) in [7, 11) is 1.38. The average molecular weight is 232 g/mol. The fourth-order valence-corrected chi connectivity index (χ4v) is 1.80. The van der Waals surface area contributed by atoms with Gasteiger partial charge in [0.1, 0.15) is 5.82 Å². The molecule has 0 aliphatic carbocycles. The van der Waals surface area contributed by atoms with Gasteiger partial charge in [0.15, 0.2) is 0 Å². The summed E-state index contributed by atoms with van der Waals surface area (Å²) in [4.78, 5) is 15.8. The molecule has 0 atom stereocenters. The molecule has 0 spiro atoms. The third-order valence-electron chi connectivity index (χ3n) is 2.62. The van der Waals surface area contributed by atoms with Crippen LogP contribution < -0.4 is 0 Å². The lowest BCUT2D eigenvalue weighted by Gasteiger charge is -2.05. The average Bonchev–Trinajstić information content (AvgIpc) is 2.70. The lowest BCUT2D eigenvalue weighted by atomic mass is 10.1. The fourth-order valence-electron chi connectivity index (χ4n) is 1.80. The number of methoxy groups -OCH3 is 1. The first-order chi connectivity index (χ1) is 8.11. The van der Waals surface area contributed by atoms with Crippen LogP contribution in [0, 0.1) is 5.92 Å². The normalized spacial score (nSPS) is 11.1. The molecule has 0 saturated heterocycles. The topological polar surface area (TPSA) is 43.6 Å². The lowest BCUT2D eigenvalue weighted by molar-refractivity contribution is 0.0600.